The molecule has 0 saturated carbocycles. The van der Waals surface area contributed by atoms with Crippen LogP contribution in [0.25, 0.3) is 22.0 Å². The maximum Gasteiger partial charge on any atom is 0.416 e. The molecule has 3 aromatic rings. The minimum absolute atomic E-state index is 0.0364. The number of H-pyrrole nitrogens is 1. The van der Waals surface area contributed by atoms with Gasteiger partial charge in [0.15, 0.2) is 0 Å². The third-order valence-electron chi connectivity index (χ3n) is 7.48. The summed E-state index contributed by atoms with van der Waals surface area (Å²) in [6, 6.07) is 11.9. The van der Waals surface area contributed by atoms with Crippen molar-refractivity contribution in [2.45, 2.75) is 50.7 Å². The molecule has 5 rings (SSSR count). The SMILES string of the molecule is NC1CCN(CCN2CCCCCC2)CC1.O=C(O)c1cc2c(-c3ccc(C(F)(F)F)cc3)cccc2[nH]1. The number of hydrogen-bond donors (Lipinski definition) is 3. The van der Waals surface area contributed by atoms with Crippen LogP contribution in [0.4, 0.5) is 13.2 Å². The Morgan fingerprint density at radius 2 is 1.53 bits per heavy atom. The second-order valence-corrected chi connectivity index (χ2v) is 10.3. The quantitative estimate of drug-likeness (QED) is 0.386. The summed E-state index contributed by atoms with van der Waals surface area (Å²) in [4.78, 5) is 19.0. The van der Waals surface area contributed by atoms with Crippen LogP contribution in [0.2, 0.25) is 0 Å². The lowest BCUT2D eigenvalue weighted by Gasteiger charge is -2.32. The van der Waals surface area contributed by atoms with Crippen molar-refractivity contribution in [2.24, 2.45) is 5.73 Å². The van der Waals surface area contributed by atoms with Crippen molar-refractivity contribution < 1.29 is 23.1 Å². The normalized spacial score (nSPS) is 18.1. The van der Waals surface area contributed by atoms with Gasteiger partial charge in [0.25, 0.3) is 0 Å². The van der Waals surface area contributed by atoms with Gasteiger partial charge in [0.2, 0.25) is 0 Å². The molecule has 0 aliphatic carbocycles. The molecule has 0 bridgehead atoms. The molecule has 206 valence electrons. The van der Waals surface area contributed by atoms with E-state index >= 15 is 0 Å². The topological polar surface area (TPSA) is 85.6 Å². The summed E-state index contributed by atoms with van der Waals surface area (Å²) < 4.78 is 37.8. The number of likely N-dealkylation sites (tertiary alicyclic amines) is 2. The van der Waals surface area contributed by atoms with E-state index in [0.29, 0.717) is 28.1 Å². The van der Waals surface area contributed by atoms with Gasteiger partial charge in [0, 0.05) is 30.0 Å². The highest BCUT2D eigenvalue weighted by molar-refractivity contribution is 6.00. The molecule has 3 heterocycles. The lowest BCUT2D eigenvalue weighted by molar-refractivity contribution is -0.137. The maximum absolute atomic E-state index is 12.6. The average molecular weight is 531 g/mol. The first-order valence-corrected chi connectivity index (χ1v) is 13.4. The van der Waals surface area contributed by atoms with Gasteiger partial charge in [-0.2, -0.15) is 13.2 Å². The molecule has 2 aliphatic heterocycles. The second-order valence-electron chi connectivity index (χ2n) is 10.3. The maximum atomic E-state index is 12.6. The van der Waals surface area contributed by atoms with Crippen LogP contribution in [0.1, 0.15) is 54.6 Å². The first-order valence-electron chi connectivity index (χ1n) is 13.4. The van der Waals surface area contributed by atoms with Crippen LogP contribution in [0.3, 0.4) is 0 Å². The van der Waals surface area contributed by atoms with Crippen molar-refractivity contribution in [3.63, 3.8) is 0 Å². The number of carboxylic acid groups (broad SMARTS) is 1. The number of carboxylic acids is 1. The van der Waals surface area contributed by atoms with Crippen molar-refractivity contribution in [1.29, 1.82) is 0 Å². The van der Waals surface area contributed by atoms with E-state index in [0.717, 1.165) is 12.1 Å². The van der Waals surface area contributed by atoms with E-state index in [4.69, 9.17) is 10.8 Å². The number of nitrogens with two attached hydrogens (primary N) is 1. The molecule has 0 spiro atoms. The molecule has 1 aromatic heterocycles. The Balaban J connectivity index is 0.000000186. The molecular formula is C29H37F3N4O2. The summed E-state index contributed by atoms with van der Waals surface area (Å²) >= 11 is 0. The Bertz CT molecular complexity index is 1180. The van der Waals surface area contributed by atoms with Gasteiger partial charge >= 0.3 is 12.1 Å². The standard InChI is InChI=1S/C16H10F3NO2.C13H27N3/c17-16(18,19)10-6-4-9(5-7-10)11-2-1-3-13-12(11)8-14(20-13)15(21)22;14-13-5-9-16(10-6-13)12-11-15-7-3-1-2-4-8-15/h1-8,20H,(H,21,22);13H,1-12,14H2. The molecule has 0 atom stereocenters. The Hall–Kier alpha value is -2.88. The van der Waals surface area contributed by atoms with Crippen LogP contribution in [-0.2, 0) is 6.18 Å². The highest BCUT2D eigenvalue weighted by atomic mass is 19.4. The van der Waals surface area contributed by atoms with Crippen molar-refractivity contribution >= 4 is 16.9 Å². The number of aromatic nitrogens is 1. The van der Waals surface area contributed by atoms with Gasteiger partial charge in [-0.25, -0.2) is 4.79 Å². The Morgan fingerprint density at radius 1 is 0.921 bits per heavy atom. The highest BCUT2D eigenvalue weighted by Crippen LogP contribution is 2.33. The van der Waals surface area contributed by atoms with Crippen LogP contribution < -0.4 is 5.73 Å². The minimum atomic E-state index is -4.38. The van der Waals surface area contributed by atoms with Crippen molar-refractivity contribution in [1.82, 2.24) is 14.8 Å². The number of nitrogens with zero attached hydrogens (tertiary/aromatic N) is 2. The van der Waals surface area contributed by atoms with Gasteiger partial charge in [-0.15, -0.1) is 0 Å². The van der Waals surface area contributed by atoms with Crippen LogP contribution in [0, 0.1) is 0 Å². The van der Waals surface area contributed by atoms with Crippen LogP contribution in [-0.4, -0.2) is 71.2 Å². The van der Waals surface area contributed by atoms with Crippen molar-refractivity contribution in [2.75, 3.05) is 39.3 Å². The summed E-state index contributed by atoms with van der Waals surface area (Å²) in [5.41, 5.74) is 7.13. The monoisotopic (exact) mass is 530 g/mol. The number of aromatic carboxylic acids is 1. The van der Waals surface area contributed by atoms with E-state index in [-0.39, 0.29) is 5.69 Å². The molecule has 6 nitrogen and oxygen atoms in total. The third kappa shape index (κ3) is 7.58. The van der Waals surface area contributed by atoms with Gasteiger partial charge in [-0.05, 0) is 87.3 Å². The number of nitrogens with one attached hydrogen (secondary N) is 1. The van der Waals surface area contributed by atoms with Crippen LogP contribution in [0.15, 0.2) is 48.5 Å². The zero-order chi connectivity index (χ0) is 27.1. The van der Waals surface area contributed by atoms with Gasteiger partial charge in [0.05, 0.1) is 5.56 Å². The molecular weight excluding hydrogens is 493 g/mol. The first-order chi connectivity index (χ1) is 18.2. The van der Waals surface area contributed by atoms with Crippen LogP contribution in [0.5, 0.6) is 0 Å². The Labute approximate surface area is 221 Å². The average Bonchev–Trinajstić information content (AvgIpc) is 3.18. The number of carbonyl (C=O) groups is 1. The summed E-state index contributed by atoms with van der Waals surface area (Å²) in [6.07, 6.45) is 3.70. The van der Waals surface area contributed by atoms with E-state index in [9.17, 15) is 18.0 Å². The van der Waals surface area contributed by atoms with Gasteiger partial charge in [-0.1, -0.05) is 37.1 Å². The molecule has 0 radical (unpaired) electrons. The smallest absolute Gasteiger partial charge is 0.416 e. The molecule has 2 saturated heterocycles. The number of benzene rings is 2. The number of halogens is 3. The van der Waals surface area contributed by atoms with E-state index in [1.807, 2.05) is 0 Å². The van der Waals surface area contributed by atoms with Crippen molar-refractivity contribution in [3.05, 3.63) is 59.8 Å². The second kappa shape index (κ2) is 12.8. The van der Waals surface area contributed by atoms with Gasteiger partial charge in [0.1, 0.15) is 5.69 Å². The van der Waals surface area contributed by atoms with E-state index in [2.05, 4.69) is 14.8 Å². The molecule has 4 N–H and O–H groups in total. The molecule has 0 unspecified atom stereocenters. The number of fused-ring (bicyclic) bond motifs is 1. The molecule has 9 heteroatoms. The molecule has 2 fully saturated rings. The number of rotatable bonds is 5. The zero-order valence-corrected chi connectivity index (χ0v) is 21.6. The molecule has 2 aliphatic rings. The van der Waals surface area contributed by atoms with E-state index in [1.165, 1.54) is 96.0 Å². The summed E-state index contributed by atoms with van der Waals surface area (Å²) in [5, 5.41) is 9.67. The summed E-state index contributed by atoms with van der Waals surface area (Å²) in [6.45, 7) is 7.62. The minimum Gasteiger partial charge on any atom is -0.477 e. The first kappa shape index (κ1) is 28.1. The zero-order valence-electron chi connectivity index (χ0n) is 21.6. The summed E-state index contributed by atoms with van der Waals surface area (Å²) in [7, 11) is 0. The number of piperidine rings is 1. The fraction of sp³-hybridized carbons (Fsp3) is 0.483. The Kier molecular flexibility index (Phi) is 9.46. The number of alkyl halides is 3. The van der Waals surface area contributed by atoms with Crippen LogP contribution >= 0.6 is 0 Å². The Morgan fingerprint density at radius 3 is 2.11 bits per heavy atom. The van der Waals surface area contributed by atoms with E-state index in [1.54, 1.807) is 18.2 Å². The largest absolute Gasteiger partial charge is 0.477 e. The predicted octanol–water partition coefficient (Wildman–Crippen LogP) is 5.84. The third-order valence-corrected chi connectivity index (χ3v) is 7.48. The predicted molar refractivity (Wildman–Crippen MR) is 144 cm³/mol. The fourth-order valence-corrected chi connectivity index (χ4v) is 5.18. The van der Waals surface area contributed by atoms with Gasteiger partial charge < -0.3 is 25.6 Å². The molecule has 0 amide bonds. The summed E-state index contributed by atoms with van der Waals surface area (Å²) in [5.74, 6) is -1.09. The highest BCUT2D eigenvalue weighted by Gasteiger charge is 2.30. The van der Waals surface area contributed by atoms with E-state index < -0.39 is 17.7 Å². The molecule has 2 aromatic carbocycles. The fourth-order valence-electron chi connectivity index (χ4n) is 5.18. The lowest BCUT2D eigenvalue weighted by Crippen LogP contribution is -2.43. The number of aromatic amines is 1. The number of hydrogen-bond acceptors (Lipinski definition) is 4. The molecule has 38 heavy (non-hydrogen) atoms. The van der Waals surface area contributed by atoms with Gasteiger partial charge in [-0.3, -0.25) is 0 Å². The lowest BCUT2D eigenvalue weighted by atomic mass is 10.0. The van der Waals surface area contributed by atoms with Crippen molar-refractivity contribution in [3.8, 4) is 11.1 Å².